The topological polar surface area (TPSA) is 25.8 Å². The molecule has 0 aliphatic heterocycles. The van der Waals surface area contributed by atoms with Gasteiger partial charge in [-0.15, -0.1) is 0 Å². The molecule has 0 saturated carbocycles. The summed E-state index contributed by atoms with van der Waals surface area (Å²) in [6.07, 6.45) is 9.30. The van der Waals surface area contributed by atoms with Gasteiger partial charge < -0.3 is 0 Å². The zero-order valence-electron chi connectivity index (χ0n) is 9.80. The fraction of sp³-hybridized carbons (Fsp3) is 0.200. The maximum absolute atomic E-state index is 4.40. The minimum absolute atomic E-state index is 0.571. The van der Waals surface area contributed by atoms with E-state index >= 15 is 0 Å². The van der Waals surface area contributed by atoms with Crippen molar-refractivity contribution in [1.29, 1.82) is 0 Å². The molecular weight excluding hydrogens is 208 g/mol. The van der Waals surface area contributed by atoms with E-state index in [0.717, 1.165) is 17.8 Å². The number of hydrogen-bond donors (Lipinski definition) is 0. The normalized spacial score (nSPS) is 17.8. The molecule has 3 rings (SSSR count). The molecule has 0 bridgehead atoms. The smallest absolute Gasteiger partial charge is 0.0889 e. The number of rotatable bonds is 2. The lowest BCUT2D eigenvalue weighted by Crippen LogP contribution is -2.01. The average molecular weight is 222 g/mol. The fourth-order valence-electron chi connectivity index (χ4n) is 2.01. The van der Waals surface area contributed by atoms with Gasteiger partial charge >= 0.3 is 0 Å². The zero-order chi connectivity index (χ0) is 11.7. The van der Waals surface area contributed by atoms with Crippen LogP contribution in [0.3, 0.4) is 0 Å². The number of aromatic nitrogens is 2. The summed E-state index contributed by atoms with van der Waals surface area (Å²) in [4.78, 5) is 8.78. The highest BCUT2D eigenvalue weighted by Crippen LogP contribution is 2.30. The summed E-state index contributed by atoms with van der Waals surface area (Å²) in [6, 6.07) is 8.31. The Balaban J connectivity index is 2.00. The molecule has 2 nitrogen and oxygen atoms in total. The van der Waals surface area contributed by atoms with Gasteiger partial charge in [0.1, 0.15) is 0 Å². The van der Waals surface area contributed by atoms with E-state index in [4.69, 9.17) is 0 Å². The molecule has 2 heterocycles. The van der Waals surface area contributed by atoms with Gasteiger partial charge in [-0.25, -0.2) is 0 Å². The highest BCUT2D eigenvalue weighted by Gasteiger charge is 2.13. The number of allylic oxidation sites excluding steroid dienone is 2. The van der Waals surface area contributed by atoms with Crippen LogP contribution < -0.4 is 0 Å². The van der Waals surface area contributed by atoms with E-state index in [1.54, 1.807) is 0 Å². The van der Waals surface area contributed by atoms with Gasteiger partial charge in [0.25, 0.3) is 0 Å². The van der Waals surface area contributed by atoms with Crippen LogP contribution in [0.25, 0.3) is 11.4 Å². The van der Waals surface area contributed by atoms with Crippen LogP contribution in [-0.4, -0.2) is 9.97 Å². The van der Waals surface area contributed by atoms with Crippen molar-refractivity contribution < 1.29 is 0 Å². The van der Waals surface area contributed by atoms with Gasteiger partial charge in [0.15, 0.2) is 0 Å². The average Bonchev–Trinajstić information content (AvgIpc) is 2.27. The van der Waals surface area contributed by atoms with Gasteiger partial charge in [0.2, 0.25) is 0 Å². The Kier molecular flexibility index (Phi) is 2.48. The third kappa shape index (κ3) is 1.98. The Morgan fingerprint density at radius 2 is 1.76 bits per heavy atom. The van der Waals surface area contributed by atoms with E-state index in [9.17, 15) is 0 Å². The predicted molar refractivity (Wildman–Crippen MR) is 68.7 cm³/mol. The lowest BCUT2D eigenvalue weighted by atomic mass is 9.88. The predicted octanol–water partition coefficient (Wildman–Crippen LogP) is 3.50. The van der Waals surface area contributed by atoms with Gasteiger partial charge in [-0.3, -0.25) is 9.97 Å². The standard InChI is InChI=1S/C15H14N2/c1-11-5-7-16-14(9-11)15-10-13(6-8-17-15)12-3-2-4-12/h2-3,5-10,12H,4H2,1H3. The van der Waals surface area contributed by atoms with E-state index in [1.807, 2.05) is 18.5 Å². The van der Waals surface area contributed by atoms with Crippen molar-refractivity contribution in [3.8, 4) is 11.4 Å². The SMILES string of the molecule is Cc1ccnc(-c2cc(C3C=CC3)ccn2)c1. The van der Waals surface area contributed by atoms with Crippen LogP contribution in [0.5, 0.6) is 0 Å². The van der Waals surface area contributed by atoms with Crippen molar-refractivity contribution >= 4 is 0 Å². The Morgan fingerprint density at radius 3 is 2.41 bits per heavy atom. The third-order valence-corrected chi connectivity index (χ3v) is 3.15. The molecule has 0 spiro atoms. The molecule has 0 amide bonds. The number of aryl methyl sites for hydroxylation is 1. The highest BCUT2D eigenvalue weighted by molar-refractivity contribution is 5.56. The number of nitrogens with zero attached hydrogens (tertiary/aromatic N) is 2. The van der Waals surface area contributed by atoms with Crippen molar-refractivity contribution in [3.05, 3.63) is 59.9 Å². The van der Waals surface area contributed by atoms with Crippen LogP contribution in [0, 0.1) is 6.92 Å². The summed E-state index contributed by atoms with van der Waals surface area (Å²) < 4.78 is 0. The van der Waals surface area contributed by atoms with Crippen LogP contribution >= 0.6 is 0 Å². The summed E-state index contributed by atoms with van der Waals surface area (Å²) in [6.45, 7) is 2.07. The van der Waals surface area contributed by atoms with Crippen LogP contribution in [0.15, 0.2) is 48.8 Å². The summed E-state index contributed by atoms with van der Waals surface area (Å²) in [7, 11) is 0. The maximum Gasteiger partial charge on any atom is 0.0889 e. The van der Waals surface area contributed by atoms with Crippen LogP contribution in [0.1, 0.15) is 23.5 Å². The van der Waals surface area contributed by atoms with Crippen molar-refractivity contribution in [2.75, 3.05) is 0 Å². The summed E-state index contributed by atoms with van der Waals surface area (Å²) in [5.74, 6) is 0.571. The van der Waals surface area contributed by atoms with Gasteiger partial charge in [0.05, 0.1) is 11.4 Å². The molecule has 0 saturated heterocycles. The number of hydrogen-bond acceptors (Lipinski definition) is 2. The molecule has 84 valence electrons. The first-order chi connectivity index (χ1) is 8.33. The summed E-state index contributed by atoms with van der Waals surface area (Å²) in [5.41, 5.74) is 4.47. The van der Waals surface area contributed by atoms with Crippen LogP contribution in [0.2, 0.25) is 0 Å². The molecule has 1 atom stereocenters. The molecule has 0 radical (unpaired) electrons. The molecule has 2 heteroatoms. The lowest BCUT2D eigenvalue weighted by Gasteiger charge is -2.18. The van der Waals surface area contributed by atoms with Gasteiger partial charge in [-0.2, -0.15) is 0 Å². The van der Waals surface area contributed by atoms with E-state index in [0.29, 0.717) is 5.92 Å². The Bertz CT molecular complexity index is 573. The quantitative estimate of drug-likeness (QED) is 0.727. The van der Waals surface area contributed by atoms with Crippen LogP contribution in [-0.2, 0) is 0 Å². The molecule has 0 fully saturated rings. The largest absolute Gasteiger partial charge is 0.255 e. The summed E-state index contributed by atoms with van der Waals surface area (Å²) in [5, 5.41) is 0. The van der Waals surface area contributed by atoms with E-state index in [1.165, 1.54) is 11.1 Å². The Labute approximate surface area is 101 Å². The van der Waals surface area contributed by atoms with E-state index in [-0.39, 0.29) is 0 Å². The highest BCUT2D eigenvalue weighted by atomic mass is 14.8. The zero-order valence-corrected chi connectivity index (χ0v) is 9.80. The second-order valence-corrected chi connectivity index (χ2v) is 4.46. The minimum Gasteiger partial charge on any atom is -0.255 e. The van der Waals surface area contributed by atoms with Gasteiger partial charge in [-0.1, -0.05) is 12.2 Å². The van der Waals surface area contributed by atoms with Crippen molar-refractivity contribution in [1.82, 2.24) is 9.97 Å². The molecule has 1 aliphatic rings. The van der Waals surface area contributed by atoms with Crippen molar-refractivity contribution in [2.45, 2.75) is 19.3 Å². The molecule has 0 N–H and O–H groups in total. The maximum atomic E-state index is 4.40. The third-order valence-electron chi connectivity index (χ3n) is 3.15. The molecule has 2 aromatic rings. The fourth-order valence-corrected chi connectivity index (χ4v) is 2.01. The first-order valence-electron chi connectivity index (χ1n) is 5.88. The van der Waals surface area contributed by atoms with E-state index in [2.05, 4.69) is 47.2 Å². The monoisotopic (exact) mass is 222 g/mol. The Hall–Kier alpha value is -1.96. The first-order valence-corrected chi connectivity index (χ1v) is 5.88. The second kappa shape index (κ2) is 4.13. The summed E-state index contributed by atoms with van der Waals surface area (Å²) >= 11 is 0. The first kappa shape index (κ1) is 10.2. The van der Waals surface area contributed by atoms with Crippen molar-refractivity contribution in [3.63, 3.8) is 0 Å². The molecule has 1 unspecified atom stereocenters. The number of pyridine rings is 2. The van der Waals surface area contributed by atoms with E-state index < -0.39 is 0 Å². The molecule has 0 aromatic carbocycles. The second-order valence-electron chi connectivity index (χ2n) is 4.46. The minimum atomic E-state index is 0.571. The van der Waals surface area contributed by atoms with Gasteiger partial charge in [-0.05, 0) is 48.7 Å². The van der Waals surface area contributed by atoms with Crippen LogP contribution in [0.4, 0.5) is 0 Å². The molecule has 17 heavy (non-hydrogen) atoms. The molecule has 1 aliphatic carbocycles. The lowest BCUT2D eigenvalue weighted by molar-refractivity contribution is 0.792. The molecular formula is C15H14N2. The van der Waals surface area contributed by atoms with Crippen molar-refractivity contribution in [2.24, 2.45) is 0 Å². The van der Waals surface area contributed by atoms with Gasteiger partial charge in [0, 0.05) is 18.3 Å². The molecule has 2 aromatic heterocycles. The Morgan fingerprint density at radius 1 is 1.06 bits per heavy atom.